The Kier molecular flexibility index (Phi) is 3.10. The number of ketones is 1. The Bertz CT molecular complexity index is 752. The number of carbonyl (C=O) groups is 2. The Morgan fingerprint density at radius 1 is 0.905 bits per heavy atom. The van der Waals surface area contributed by atoms with E-state index in [4.69, 9.17) is 11.6 Å². The Balaban J connectivity index is 2.30. The van der Waals surface area contributed by atoms with Crippen molar-refractivity contribution in [1.82, 2.24) is 0 Å². The first-order valence-electron chi connectivity index (χ1n) is 6.67. The van der Waals surface area contributed by atoms with Crippen LogP contribution in [0.15, 0.2) is 48.5 Å². The molecule has 0 saturated carbocycles. The molecular weight excluding hydrogens is 286 g/mol. The van der Waals surface area contributed by atoms with Crippen LogP contribution in [0.2, 0.25) is 5.02 Å². The van der Waals surface area contributed by atoms with E-state index in [1.54, 1.807) is 49.1 Å². The minimum absolute atomic E-state index is 0.161. The average molecular weight is 300 g/mol. The van der Waals surface area contributed by atoms with Gasteiger partial charge < -0.3 is 0 Å². The van der Waals surface area contributed by atoms with Gasteiger partial charge in [-0.25, -0.2) is 0 Å². The van der Waals surface area contributed by atoms with E-state index in [0.717, 1.165) is 0 Å². The van der Waals surface area contributed by atoms with Gasteiger partial charge in [0.05, 0.1) is 16.4 Å². The molecular formula is C17H14ClNO2. The highest BCUT2D eigenvalue weighted by Crippen LogP contribution is 2.43. The summed E-state index contributed by atoms with van der Waals surface area (Å²) in [6.45, 7) is 3.30. The van der Waals surface area contributed by atoms with Gasteiger partial charge in [0.25, 0.3) is 0 Å². The first-order chi connectivity index (χ1) is 9.94. The number of nitrogens with zero attached hydrogens (tertiary/aromatic N) is 1. The highest BCUT2D eigenvalue weighted by atomic mass is 35.5. The van der Waals surface area contributed by atoms with Crippen molar-refractivity contribution in [2.24, 2.45) is 5.41 Å². The molecule has 0 bridgehead atoms. The highest BCUT2D eigenvalue weighted by Gasteiger charge is 2.46. The van der Waals surface area contributed by atoms with E-state index >= 15 is 0 Å². The SMILES string of the molecule is CC1(C)C(=O)c2ccccc2N(c2ccccc2Cl)C1=O. The monoisotopic (exact) mass is 299 g/mol. The van der Waals surface area contributed by atoms with Gasteiger partial charge in [-0.2, -0.15) is 0 Å². The Hall–Kier alpha value is -2.13. The predicted octanol–water partition coefficient (Wildman–Crippen LogP) is 4.23. The van der Waals surface area contributed by atoms with Crippen LogP contribution in [0.5, 0.6) is 0 Å². The van der Waals surface area contributed by atoms with E-state index in [-0.39, 0.29) is 11.7 Å². The van der Waals surface area contributed by atoms with Crippen LogP contribution < -0.4 is 4.90 Å². The summed E-state index contributed by atoms with van der Waals surface area (Å²) in [6.07, 6.45) is 0. The number of hydrogen-bond donors (Lipinski definition) is 0. The van der Waals surface area contributed by atoms with Gasteiger partial charge in [0.1, 0.15) is 5.41 Å². The molecule has 1 aliphatic heterocycles. The summed E-state index contributed by atoms with van der Waals surface area (Å²) in [5.41, 5.74) is 0.618. The fourth-order valence-corrected chi connectivity index (χ4v) is 2.78. The van der Waals surface area contributed by atoms with Gasteiger partial charge in [0, 0.05) is 5.56 Å². The summed E-state index contributed by atoms with van der Waals surface area (Å²) in [7, 11) is 0. The third kappa shape index (κ3) is 1.96. The molecule has 0 aliphatic carbocycles. The van der Waals surface area contributed by atoms with E-state index in [9.17, 15) is 9.59 Å². The maximum Gasteiger partial charge on any atom is 0.245 e. The van der Waals surface area contributed by atoms with E-state index in [0.29, 0.717) is 22.0 Å². The molecule has 21 heavy (non-hydrogen) atoms. The Labute approximate surface area is 128 Å². The summed E-state index contributed by atoms with van der Waals surface area (Å²) in [5, 5.41) is 0.478. The second-order valence-corrected chi connectivity index (χ2v) is 5.97. The van der Waals surface area contributed by atoms with Crippen LogP contribution in [0.1, 0.15) is 24.2 Å². The van der Waals surface area contributed by atoms with Gasteiger partial charge >= 0.3 is 0 Å². The fourth-order valence-electron chi connectivity index (χ4n) is 2.56. The number of carbonyl (C=O) groups excluding carboxylic acids is 2. The van der Waals surface area contributed by atoms with Crippen LogP contribution in [0.3, 0.4) is 0 Å². The molecule has 0 radical (unpaired) electrons. The van der Waals surface area contributed by atoms with Crippen molar-refractivity contribution in [2.75, 3.05) is 4.90 Å². The zero-order valence-electron chi connectivity index (χ0n) is 11.8. The molecule has 0 unspecified atom stereocenters. The molecule has 0 N–H and O–H groups in total. The lowest BCUT2D eigenvalue weighted by Gasteiger charge is -2.37. The molecule has 1 amide bonds. The number of benzene rings is 2. The van der Waals surface area contributed by atoms with Crippen molar-refractivity contribution >= 4 is 34.7 Å². The lowest BCUT2D eigenvalue weighted by Crippen LogP contribution is -2.47. The maximum atomic E-state index is 12.8. The minimum Gasteiger partial charge on any atom is -0.293 e. The van der Waals surface area contributed by atoms with Crippen LogP contribution >= 0.6 is 11.6 Å². The van der Waals surface area contributed by atoms with Gasteiger partial charge in [-0.1, -0.05) is 35.9 Å². The number of halogens is 1. The fraction of sp³-hybridized carbons (Fsp3) is 0.176. The van der Waals surface area contributed by atoms with Gasteiger partial charge in [-0.05, 0) is 38.1 Å². The van der Waals surface area contributed by atoms with Crippen LogP contribution in [-0.2, 0) is 4.79 Å². The van der Waals surface area contributed by atoms with Gasteiger partial charge in [0.2, 0.25) is 5.91 Å². The van der Waals surface area contributed by atoms with Gasteiger partial charge in [-0.15, -0.1) is 0 Å². The average Bonchev–Trinajstić information content (AvgIpc) is 2.48. The first kappa shape index (κ1) is 13.8. The van der Waals surface area contributed by atoms with E-state index in [2.05, 4.69) is 0 Å². The molecule has 4 heteroatoms. The number of fused-ring (bicyclic) bond motifs is 1. The summed E-state index contributed by atoms with van der Waals surface area (Å²) >= 11 is 6.24. The molecule has 0 aromatic heterocycles. The van der Waals surface area contributed by atoms with Crippen LogP contribution in [0.25, 0.3) is 0 Å². The Morgan fingerprint density at radius 3 is 2.14 bits per heavy atom. The molecule has 1 heterocycles. The zero-order chi connectivity index (χ0) is 15.2. The van der Waals surface area contributed by atoms with Crippen molar-refractivity contribution in [3.63, 3.8) is 0 Å². The van der Waals surface area contributed by atoms with E-state index in [1.807, 2.05) is 18.2 Å². The van der Waals surface area contributed by atoms with Gasteiger partial charge in [0.15, 0.2) is 5.78 Å². The number of hydrogen-bond acceptors (Lipinski definition) is 2. The number of rotatable bonds is 1. The third-order valence-electron chi connectivity index (χ3n) is 3.79. The summed E-state index contributed by atoms with van der Waals surface area (Å²) in [6, 6.07) is 14.3. The standard InChI is InChI=1S/C17H14ClNO2/c1-17(2)15(20)11-7-3-5-9-13(11)19(16(17)21)14-10-6-4-8-12(14)18/h3-10H,1-2H3. The summed E-state index contributed by atoms with van der Waals surface area (Å²) in [5.74, 6) is -0.425. The van der Waals surface area contributed by atoms with Crippen molar-refractivity contribution in [3.8, 4) is 0 Å². The van der Waals surface area contributed by atoms with Crippen LogP contribution in [0, 0.1) is 5.41 Å². The smallest absolute Gasteiger partial charge is 0.245 e. The second-order valence-electron chi connectivity index (χ2n) is 5.56. The molecule has 0 saturated heterocycles. The van der Waals surface area contributed by atoms with E-state index in [1.165, 1.54) is 0 Å². The third-order valence-corrected chi connectivity index (χ3v) is 4.11. The molecule has 3 rings (SSSR count). The molecule has 106 valence electrons. The van der Waals surface area contributed by atoms with E-state index < -0.39 is 5.41 Å². The quantitative estimate of drug-likeness (QED) is 0.739. The predicted molar refractivity (Wildman–Crippen MR) is 83.2 cm³/mol. The molecule has 2 aromatic rings. The summed E-state index contributed by atoms with van der Waals surface area (Å²) in [4.78, 5) is 26.9. The molecule has 3 nitrogen and oxygen atoms in total. The molecule has 0 atom stereocenters. The lowest BCUT2D eigenvalue weighted by atomic mass is 9.78. The minimum atomic E-state index is -1.10. The van der Waals surface area contributed by atoms with Crippen LogP contribution in [-0.4, -0.2) is 11.7 Å². The largest absolute Gasteiger partial charge is 0.293 e. The topological polar surface area (TPSA) is 37.4 Å². The van der Waals surface area contributed by atoms with Crippen molar-refractivity contribution in [2.45, 2.75) is 13.8 Å². The maximum absolute atomic E-state index is 12.8. The van der Waals surface area contributed by atoms with Crippen molar-refractivity contribution in [3.05, 3.63) is 59.1 Å². The van der Waals surface area contributed by atoms with Crippen LogP contribution in [0.4, 0.5) is 11.4 Å². The number of para-hydroxylation sites is 2. The number of amides is 1. The highest BCUT2D eigenvalue weighted by molar-refractivity contribution is 6.35. The van der Waals surface area contributed by atoms with Crippen molar-refractivity contribution in [1.29, 1.82) is 0 Å². The summed E-state index contributed by atoms with van der Waals surface area (Å²) < 4.78 is 0. The zero-order valence-corrected chi connectivity index (χ0v) is 12.5. The number of anilines is 2. The van der Waals surface area contributed by atoms with Crippen molar-refractivity contribution < 1.29 is 9.59 Å². The number of Topliss-reactive ketones (excluding diaryl/α,β-unsaturated/α-hetero) is 1. The lowest BCUT2D eigenvalue weighted by molar-refractivity contribution is -0.124. The second kappa shape index (κ2) is 4.71. The molecule has 0 spiro atoms. The first-order valence-corrected chi connectivity index (χ1v) is 7.05. The molecule has 1 aliphatic rings. The van der Waals surface area contributed by atoms with Gasteiger partial charge in [-0.3, -0.25) is 14.5 Å². The normalized spacial score (nSPS) is 16.8. The molecule has 2 aromatic carbocycles. The Morgan fingerprint density at radius 2 is 1.48 bits per heavy atom. The molecule has 0 fully saturated rings.